The van der Waals surface area contributed by atoms with E-state index >= 15 is 0 Å². The summed E-state index contributed by atoms with van der Waals surface area (Å²) in [5.41, 5.74) is 1.37. The largest absolute Gasteiger partial charge is 0.354 e. The summed E-state index contributed by atoms with van der Waals surface area (Å²) >= 11 is 0. The van der Waals surface area contributed by atoms with Crippen LogP contribution >= 0.6 is 0 Å². The summed E-state index contributed by atoms with van der Waals surface area (Å²) in [5, 5.41) is 11.3. The van der Waals surface area contributed by atoms with E-state index < -0.39 is 0 Å². The van der Waals surface area contributed by atoms with Crippen molar-refractivity contribution in [3.63, 3.8) is 0 Å². The molecule has 1 fully saturated rings. The molecule has 1 amide bonds. The number of nitriles is 1. The summed E-state index contributed by atoms with van der Waals surface area (Å²) in [6.45, 7) is 0. The van der Waals surface area contributed by atoms with Crippen LogP contribution in [0.2, 0.25) is 0 Å². The molecule has 0 atom stereocenters. The fourth-order valence-electron chi connectivity index (χ4n) is 1.64. The highest BCUT2D eigenvalue weighted by molar-refractivity contribution is 5.97. The zero-order valence-electron chi connectivity index (χ0n) is 7.89. The van der Waals surface area contributed by atoms with Crippen molar-refractivity contribution in [2.75, 3.05) is 7.05 Å². The molecule has 0 bridgehead atoms. The Morgan fingerprint density at radius 3 is 2.46 bits per heavy atom. The van der Waals surface area contributed by atoms with Crippen molar-refractivity contribution in [1.29, 1.82) is 5.26 Å². The minimum atomic E-state index is -0.237. The van der Waals surface area contributed by atoms with Gasteiger partial charge in [0.05, 0.1) is 0 Å². The van der Waals surface area contributed by atoms with Crippen molar-refractivity contribution in [1.82, 2.24) is 5.32 Å². The molecular formula is C10H14N2O. The first-order chi connectivity index (χ1) is 6.29. The number of rotatable bonds is 1. The average molecular weight is 178 g/mol. The Kier molecular flexibility index (Phi) is 3.51. The monoisotopic (exact) mass is 178 g/mol. The number of amides is 1. The van der Waals surface area contributed by atoms with Gasteiger partial charge < -0.3 is 5.32 Å². The van der Waals surface area contributed by atoms with Gasteiger partial charge in [0.1, 0.15) is 11.6 Å². The predicted molar refractivity (Wildman–Crippen MR) is 49.8 cm³/mol. The zero-order chi connectivity index (χ0) is 9.68. The lowest BCUT2D eigenvalue weighted by molar-refractivity contribution is -0.116. The molecule has 3 nitrogen and oxygen atoms in total. The molecule has 1 N–H and O–H groups in total. The quantitative estimate of drug-likeness (QED) is 0.489. The van der Waals surface area contributed by atoms with E-state index in [-0.39, 0.29) is 5.91 Å². The van der Waals surface area contributed by atoms with Crippen LogP contribution in [0.5, 0.6) is 0 Å². The molecule has 0 aromatic rings. The molecule has 1 rings (SSSR count). The average Bonchev–Trinajstić information content (AvgIpc) is 2.20. The van der Waals surface area contributed by atoms with E-state index in [9.17, 15) is 4.79 Å². The molecule has 1 aliphatic rings. The number of nitrogens with one attached hydrogen (secondary N) is 1. The van der Waals surface area contributed by atoms with Crippen LogP contribution in [0.4, 0.5) is 0 Å². The molecule has 0 aliphatic heterocycles. The number of nitrogens with zero attached hydrogens (tertiary/aromatic N) is 1. The highest BCUT2D eigenvalue weighted by Crippen LogP contribution is 2.25. The smallest absolute Gasteiger partial charge is 0.261 e. The number of carbonyl (C=O) groups excluding carboxylic acids is 1. The molecule has 0 aromatic carbocycles. The molecule has 0 radical (unpaired) electrons. The van der Waals surface area contributed by atoms with Gasteiger partial charge in [-0.25, -0.2) is 0 Å². The van der Waals surface area contributed by atoms with Gasteiger partial charge in [-0.1, -0.05) is 6.42 Å². The Morgan fingerprint density at radius 1 is 1.38 bits per heavy atom. The maximum absolute atomic E-state index is 11.3. The van der Waals surface area contributed by atoms with E-state index in [1.807, 2.05) is 6.07 Å². The topological polar surface area (TPSA) is 52.9 Å². The predicted octanol–water partition coefficient (Wildman–Crippen LogP) is 1.52. The molecule has 0 aromatic heterocycles. The Balaban J connectivity index is 2.84. The number of likely N-dealkylation sites (N-methyl/N-ethyl adjacent to an activating group) is 1. The van der Waals surface area contributed by atoms with Crippen molar-refractivity contribution in [2.45, 2.75) is 32.1 Å². The maximum Gasteiger partial charge on any atom is 0.261 e. The second kappa shape index (κ2) is 4.66. The lowest BCUT2D eigenvalue weighted by atomic mass is 9.91. The van der Waals surface area contributed by atoms with Crippen molar-refractivity contribution < 1.29 is 4.79 Å². The van der Waals surface area contributed by atoms with Gasteiger partial charge in [0, 0.05) is 7.05 Å². The minimum Gasteiger partial charge on any atom is -0.354 e. The number of carbonyl (C=O) groups is 1. The Hall–Kier alpha value is -1.30. The molecule has 70 valence electrons. The first kappa shape index (κ1) is 9.79. The van der Waals surface area contributed by atoms with Gasteiger partial charge in [-0.3, -0.25) is 4.79 Å². The first-order valence-corrected chi connectivity index (χ1v) is 4.63. The first-order valence-electron chi connectivity index (χ1n) is 4.63. The third-order valence-corrected chi connectivity index (χ3v) is 2.38. The lowest BCUT2D eigenvalue weighted by Gasteiger charge is -2.14. The van der Waals surface area contributed by atoms with Crippen LogP contribution in [0.25, 0.3) is 0 Å². The Labute approximate surface area is 78.4 Å². The molecule has 0 unspecified atom stereocenters. The molecule has 1 saturated carbocycles. The van der Waals surface area contributed by atoms with Crippen molar-refractivity contribution in [3.8, 4) is 6.07 Å². The third-order valence-electron chi connectivity index (χ3n) is 2.38. The van der Waals surface area contributed by atoms with Crippen LogP contribution in [-0.4, -0.2) is 13.0 Å². The van der Waals surface area contributed by atoms with E-state index in [0.29, 0.717) is 5.57 Å². The highest BCUT2D eigenvalue weighted by Gasteiger charge is 2.15. The van der Waals surface area contributed by atoms with Gasteiger partial charge >= 0.3 is 0 Å². The van der Waals surface area contributed by atoms with Crippen LogP contribution in [-0.2, 0) is 4.79 Å². The van der Waals surface area contributed by atoms with Gasteiger partial charge in [0.2, 0.25) is 0 Å². The van der Waals surface area contributed by atoms with Gasteiger partial charge in [0.25, 0.3) is 5.91 Å². The van der Waals surface area contributed by atoms with E-state index in [1.54, 1.807) is 7.05 Å². The summed E-state index contributed by atoms with van der Waals surface area (Å²) in [4.78, 5) is 11.3. The van der Waals surface area contributed by atoms with Crippen LogP contribution in [0.15, 0.2) is 11.1 Å². The second-order valence-electron chi connectivity index (χ2n) is 3.23. The van der Waals surface area contributed by atoms with Gasteiger partial charge in [0.15, 0.2) is 0 Å². The second-order valence-corrected chi connectivity index (χ2v) is 3.23. The standard InChI is InChI=1S/C10H14N2O/c1-12-10(13)9(7-11)8-5-3-2-4-6-8/h2-6H2,1H3,(H,12,13). The van der Waals surface area contributed by atoms with E-state index in [2.05, 4.69) is 5.32 Å². The Bertz CT molecular complexity index is 265. The van der Waals surface area contributed by atoms with Gasteiger partial charge in [-0.15, -0.1) is 0 Å². The summed E-state index contributed by atoms with van der Waals surface area (Å²) in [6, 6.07) is 1.99. The highest BCUT2D eigenvalue weighted by atomic mass is 16.1. The normalized spacial score (nSPS) is 16.2. The maximum atomic E-state index is 11.3. The van der Waals surface area contributed by atoms with Gasteiger partial charge in [-0.2, -0.15) is 5.26 Å². The summed E-state index contributed by atoms with van der Waals surface area (Å²) in [6.07, 6.45) is 5.26. The number of hydrogen-bond donors (Lipinski definition) is 1. The van der Waals surface area contributed by atoms with E-state index in [4.69, 9.17) is 5.26 Å². The molecule has 0 spiro atoms. The molecule has 0 saturated heterocycles. The minimum absolute atomic E-state index is 0.237. The lowest BCUT2D eigenvalue weighted by Crippen LogP contribution is -2.21. The van der Waals surface area contributed by atoms with Crippen molar-refractivity contribution >= 4 is 5.91 Å². The number of hydrogen-bond acceptors (Lipinski definition) is 2. The van der Waals surface area contributed by atoms with Gasteiger partial charge in [-0.05, 0) is 31.3 Å². The van der Waals surface area contributed by atoms with Crippen molar-refractivity contribution in [2.24, 2.45) is 0 Å². The van der Waals surface area contributed by atoms with E-state index in [1.165, 1.54) is 6.42 Å². The summed E-state index contributed by atoms with van der Waals surface area (Å²) < 4.78 is 0. The Morgan fingerprint density at radius 2 is 2.00 bits per heavy atom. The molecule has 0 heterocycles. The van der Waals surface area contributed by atoms with Crippen LogP contribution in [0, 0.1) is 11.3 Å². The summed E-state index contributed by atoms with van der Waals surface area (Å²) in [5.74, 6) is -0.237. The molecule has 3 heteroatoms. The summed E-state index contributed by atoms with van der Waals surface area (Å²) in [7, 11) is 1.56. The molecular weight excluding hydrogens is 164 g/mol. The molecule has 1 aliphatic carbocycles. The van der Waals surface area contributed by atoms with E-state index in [0.717, 1.165) is 31.3 Å². The van der Waals surface area contributed by atoms with Crippen LogP contribution in [0.1, 0.15) is 32.1 Å². The zero-order valence-corrected chi connectivity index (χ0v) is 7.89. The van der Waals surface area contributed by atoms with Crippen LogP contribution in [0.3, 0.4) is 0 Å². The SMILES string of the molecule is CNC(=O)C(C#N)=C1CCCCC1. The molecule has 13 heavy (non-hydrogen) atoms. The van der Waals surface area contributed by atoms with Crippen molar-refractivity contribution in [3.05, 3.63) is 11.1 Å². The fourth-order valence-corrected chi connectivity index (χ4v) is 1.64. The van der Waals surface area contributed by atoms with Crippen LogP contribution < -0.4 is 5.32 Å². The third kappa shape index (κ3) is 2.32. The fraction of sp³-hybridized carbons (Fsp3) is 0.600. The number of allylic oxidation sites excluding steroid dienone is 1.